The molecule has 0 aliphatic heterocycles. The van der Waals surface area contributed by atoms with Crippen LogP contribution in [0.1, 0.15) is 28.2 Å². The van der Waals surface area contributed by atoms with Crippen molar-refractivity contribution in [2.45, 2.75) is 38.5 Å². The Morgan fingerprint density at radius 3 is 2.22 bits per heavy atom. The van der Waals surface area contributed by atoms with Gasteiger partial charge in [0.2, 0.25) is 5.91 Å². The molecule has 50 heavy (non-hydrogen) atoms. The van der Waals surface area contributed by atoms with E-state index in [1.807, 2.05) is 29.9 Å². The Morgan fingerprint density at radius 2 is 1.54 bits per heavy atom. The molecule has 0 unspecified atom stereocenters. The average molecular weight is 686 g/mol. The van der Waals surface area contributed by atoms with Crippen LogP contribution in [0.25, 0.3) is 22.0 Å². The molecule has 0 spiro atoms. The van der Waals surface area contributed by atoms with Crippen molar-refractivity contribution in [3.63, 3.8) is 0 Å². The number of fused-ring (bicyclic) bond motifs is 1. The fourth-order valence-corrected chi connectivity index (χ4v) is 5.87. The van der Waals surface area contributed by atoms with E-state index in [9.17, 15) is 31.5 Å². The minimum atomic E-state index is -4.43. The fourth-order valence-electron chi connectivity index (χ4n) is 5.87. The zero-order valence-corrected chi connectivity index (χ0v) is 27.0. The lowest BCUT2D eigenvalue weighted by Gasteiger charge is -2.25. The Morgan fingerprint density at radius 1 is 0.840 bits per heavy atom. The highest BCUT2D eigenvalue weighted by molar-refractivity contribution is 5.82. The molecule has 6 aromatic rings. The van der Waals surface area contributed by atoms with Gasteiger partial charge in [-0.3, -0.25) is 9.59 Å². The molecule has 0 aliphatic carbocycles. The molecule has 0 aliphatic rings. The number of amides is 1. The number of hydrogen-bond acceptors (Lipinski definition) is 4. The van der Waals surface area contributed by atoms with Crippen molar-refractivity contribution in [1.82, 2.24) is 24.0 Å². The topological polar surface area (TPSA) is 73.0 Å². The van der Waals surface area contributed by atoms with Crippen LogP contribution in [0.4, 0.5) is 22.0 Å². The molecule has 0 bridgehead atoms. The van der Waals surface area contributed by atoms with Crippen LogP contribution < -0.4 is 5.56 Å². The minimum Gasteiger partial charge on any atom is -0.340 e. The summed E-state index contributed by atoms with van der Waals surface area (Å²) in [5.74, 6) is -1.96. The van der Waals surface area contributed by atoms with E-state index in [1.54, 1.807) is 52.2 Å². The second kappa shape index (κ2) is 14.5. The lowest BCUT2D eigenvalue weighted by Crippen LogP contribution is -2.36. The summed E-state index contributed by atoms with van der Waals surface area (Å²) in [6.45, 7) is 0.348. The molecule has 2 aromatic heterocycles. The number of halogens is 5. The Hall–Kier alpha value is -5.65. The van der Waals surface area contributed by atoms with Crippen molar-refractivity contribution in [2.75, 3.05) is 6.54 Å². The molecule has 0 saturated heterocycles. The van der Waals surface area contributed by atoms with Gasteiger partial charge in [0.1, 0.15) is 12.4 Å². The van der Waals surface area contributed by atoms with E-state index in [0.29, 0.717) is 29.4 Å². The summed E-state index contributed by atoms with van der Waals surface area (Å²) in [5.41, 5.74) is 2.32. The van der Waals surface area contributed by atoms with Crippen molar-refractivity contribution < 1.29 is 26.7 Å². The van der Waals surface area contributed by atoms with Crippen LogP contribution in [0.3, 0.4) is 0 Å². The summed E-state index contributed by atoms with van der Waals surface area (Å²) in [4.78, 5) is 37.5. The highest BCUT2D eigenvalue weighted by Gasteiger charge is 2.30. The third-order valence-electron chi connectivity index (χ3n) is 8.53. The van der Waals surface area contributed by atoms with Gasteiger partial charge in [-0.05, 0) is 59.0 Å². The molecule has 7 nitrogen and oxygen atoms in total. The van der Waals surface area contributed by atoms with Gasteiger partial charge in [0.15, 0.2) is 11.6 Å². The monoisotopic (exact) mass is 685 g/mol. The first-order valence-electron chi connectivity index (χ1n) is 15.9. The molecular weight excluding hydrogens is 653 g/mol. The molecule has 2 heterocycles. The molecule has 0 saturated carbocycles. The molecule has 1 amide bonds. The van der Waals surface area contributed by atoms with E-state index in [0.717, 1.165) is 35.0 Å². The van der Waals surface area contributed by atoms with E-state index in [2.05, 4.69) is 9.97 Å². The zero-order chi connectivity index (χ0) is 35.4. The number of aryl methyl sites for hydroxylation is 3. The molecule has 12 heteroatoms. The zero-order valence-electron chi connectivity index (χ0n) is 27.0. The summed E-state index contributed by atoms with van der Waals surface area (Å²) >= 11 is 0. The molecule has 0 radical (unpaired) electrons. The number of benzene rings is 4. The second-order valence-corrected chi connectivity index (χ2v) is 12.0. The number of hydrogen-bond donors (Lipinski definition) is 0. The molecular formula is C38H32F5N5O2. The number of carbonyl (C=O) groups is 1. The van der Waals surface area contributed by atoms with Crippen LogP contribution in [0.5, 0.6) is 0 Å². The maximum absolute atomic E-state index is 14.5. The van der Waals surface area contributed by atoms with Gasteiger partial charge in [0.25, 0.3) is 5.56 Å². The van der Waals surface area contributed by atoms with Crippen molar-refractivity contribution >= 4 is 16.8 Å². The van der Waals surface area contributed by atoms with Crippen molar-refractivity contribution in [3.05, 3.63) is 154 Å². The standard InChI is InChI=1S/C38H32F5N5O2/c1-46-22-30(44-24-46)19-20-47(21-25-9-11-26(12-10-25)27-13-16-29(17-14-27)38(41,42)43)35(49)23-48-33-8-3-2-6-31(33)37(50)45-34(48)18-15-28-5-4-7-32(39)36(28)40/h2-14,16-17,22,24H,15,18-21,23H2,1H3. The summed E-state index contributed by atoms with van der Waals surface area (Å²) in [7, 11) is 1.85. The van der Waals surface area contributed by atoms with Gasteiger partial charge in [0, 0.05) is 39.2 Å². The molecule has 256 valence electrons. The minimum absolute atomic E-state index is 0.0528. The smallest absolute Gasteiger partial charge is 0.340 e. The quantitative estimate of drug-likeness (QED) is 0.136. The average Bonchev–Trinajstić information content (AvgIpc) is 3.53. The van der Waals surface area contributed by atoms with Gasteiger partial charge in [-0.15, -0.1) is 0 Å². The van der Waals surface area contributed by atoms with Crippen molar-refractivity contribution in [2.24, 2.45) is 7.05 Å². The largest absolute Gasteiger partial charge is 0.416 e. The third-order valence-corrected chi connectivity index (χ3v) is 8.53. The van der Waals surface area contributed by atoms with Gasteiger partial charge in [-0.1, -0.05) is 60.7 Å². The van der Waals surface area contributed by atoms with Crippen LogP contribution in [-0.2, 0) is 50.4 Å². The van der Waals surface area contributed by atoms with Gasteiger partial charge < -0.3 is 14.0 Å². The Labute approximate surface area is 284 Å². The molecule has 4 aromatic carbocycles. The van der Waals surface area contributed by atoms with Crippen LogP contribution in [0, 0.1) is 11.6 Å². The van der Waals surface area contributed by atoms with E-state index in [-0.39, 0.29) is 43.2 Å². The Balaban J connectivity index is 1.28. The summed E-state index contributed by atoms with van der Waals surface area (Å²) in [6, 6.07) is 22.9. The maximum Gasteiger partial charge on any atom is 0.416 e. The van der Waals surface area contributed by atoms with Gasteiger partial charge in [-0.25, -0.2) is 13.8 Å². The van der Waals surface area contributed by atoms with Gasteiger partial charge >= 0.3 is 6.18 Å². The van der Waals surface area contributed by atoms with Gasteiger partial charge in [-0.2, -0.15) is 18.2 Å². The number of imidazole rings is 1. The number of para-hydroxylation sites is 1. The number of carbonyl (C=O) groups excluding carboxylic acids is 1. The fraction of sp³-hybridized carbons (Fsp3) is 0.211. The lowest BCUT2D eigenvalue weighted by atomic mass is 10.0. The Bertz CT molecular complexity index is 2190. The predicted molar refractivity (Wildman–Crippen MR) is 179 cm³/mol. The van der Waals surface area contributed by atoms with Crippen LogP contribution in [-0.4, -0.2) is 36.5 Å². The van der Waals surface area contributed by atoms with E-state index >= 15 is 0 Å². The second-order valence-electron chi connectivity index (χ2n) is 12.0. The maximum atomic E-state index is 14.5. The summed E-state index contributed by atoms with van der Waals surface area (Å²) in [5, 5.41) is 0.319. The predicted octanol–water partition coefficient (Wildman–Crippen LogP) is 7.15. The first-order chi connectivity index (χ1) is 24.0. The first-order valence-corrected chi connectivity index (χ1v) is 15.9. The van der Waals surface area contributed by atoms with Crippen LogP contribution in [0.2, 0.25) is 0 Å². The van der Waals surface area contributed by atoms with E-state index in [4.69, 9.17) is 0 Å². The molecule has 6 rings (SSSR count). The summed E-state index contributed by atoms with van der Waals surface area (Å²) < 4.78 is 71.0. The highest BCUT2D eigenvalue weighted by atomic mass is 19.4. The van der Waals surface area contributed by atoms with Crippen molar-refractivity contribution in [3.8, 4) is 11.1 Å². The third kappa shape index (κ3) is 7.80. The van der Waals surface area contributed by atoms with Crippen molar-refractivity contribution in [1.29, 1.82) is 0 Å². The lowest BCUT2D eigenvalue weighted by molar-refractivity contribution is -0.137. The Kier molecular flexibility index (Phi) is 9.89. The number of alkyl halides is 3. The molecule has 0 N–H and O–H groups in total. The highest BCUT2D eigenvalue weighted by Crippen LogP contribution is 2.31. The number of rotatable bonds is 11. The number of aromatic nitrogens is 4. The first kappa shape index (κ1) is 34.2. The van der Waals surface area contributed by atoms with E-state index < -0.39 is 28.9 Å². The van der Waals surface area contributed by atoms with Crippen LogP contribution in [0.15, 0.2) is 108 Å². The number of nitrogens with zero attached hydrogens (tertiary/aromatic N) is 5. The molecule has 0 atom stereocenters. The van der Waals surface area contributed by atoms with Crippen LogP contribution >= 0.6 is 0 Å². The normalized spacial score (nSPS) is 11.6. The summed E-state index contributed by atoms with van der Waals surface area (Å²) in [6.07, 6.45) is -0.293. The molecule has 0 fully saturated rings. The SMILES string of the molecule is Cn1cnc(CCN(Cc2ccc(-c3ccc(C(F)(F)F)cc3)cc2)C(=O)Cn2c(CCc3cccc(F)c3F)nc(=O)c3ccccc32)c1. The van der Waals surface area contributed by atoms with E-state index in [1.165, 1.54) is 24.3 Å². The van der Waals surface area contributed by atoms with Gasteiger partial charge in [0.05, 0.1) is 28.5 Å².